The minimum Gasteiger partial charge on any atom is -0.352 e. The molecule has 0 heterocycles. The predicted molar refractivity (Wildman–Crippen MR) is 143 cm³/mol. The van der Waals surface area contributed by atoms with Crippen molar-refractivity contribution in [2.24, 2.45) is 0 Å². The summed E-state index contributed by atoms with van der Waals surface area (Å²) in [6.45, 7) is 5.33. The summed E-state index contributed by atoms with van der Waals surface area (Å²) in [5.74, 6) is -0.667. The third kappa shape index (κ3) is 7.30. The van der Waals surface area contributed by atoms with E-state index in [4.69, 9.17) is 0 Å². The second-order valence-corrected chi connectivity index (χ2v) is 12.2. The van der Waals surface area contributed by atoms with Crippen LogP contribution in [0.1, 0.15) is 49.3 Å². The van der Waals surface area contributed by atoms with Crippen molar-refractivity contribution >= 4 is 43.5 Å². The standard InChI is InChI=1S/C26H34BrN3O4S/c1-18-12-13-24(14-19(18)2)30(35(4,33)34)17-25(31)29(16-21-8-7-9-22(27)15-21)20(3)26(32)28-23-10-5-6-11-23/h7-9,12-15,20,23H,5-6,10-11,16-17H2,1-4H3,(H,28,32)/t20-/m1/s1. The Kier molecular flexibility index (Phi) is 8.99. The lowest BCUT2D eigenvalue weighted by Gasteiger charge is -2.32. The third-order valence-corrected chi connectivity index (χ3v) is 8.20. The third-order valence-electron chi connectivity index (χ3n) is 6.57. The first-order valence-electron chi connectivity index (χ1n) is 11.8. The summed E-state index contributed by atoms with van der Waals surface area (Å²) in [5.41, 5.74) is 3.22. The molecule has 1 saturated carbocycles. The fourth-order valence-corrected chi connectivity index (χ4v) is 5.59. The lowest BCUT2D eigenvalue weighted by atomic mass is 10.1. The molecule has 3 rings (SSSR count). The maximum absolute atomic E-state index is 13.6. The number of anilines is 1. The zero-order valence-corrected chi connectivity index (χ0v) is 23.2. The summed E-state index contributed by atoms with van der Waals surface area (Å²) < 4.78 is 27.4. The van der Waals surface area contributed by atoms with E-state index < -0.39 is 28.5 Å². The Labute approximate surface area is 217 Å². The molecule has 35 heavy (non-hydrogen) atoms. The van der Waals surface area contributed by atoms with Gasteiger partial charge in [-0.15, -0.1) is 0 Å². The summed E-state index contributed by atoms with van der Waals surface area (Å²) in [7, 11) is -3.74. The largest absolute Gasteiger partial charge is 0.352 e. The minimum absolute atomic E-state index is 0.121. The number of sulfonamides is 1. The summed E-state index contributed by atoms with van der Waals surface area (Å²) in [6.07, 6.45) is 5.13. The van der Waals surface area contributed by atoms with Crippen LogP contribution in [-0.2, 0) is 26.2 Å². The fraction of sp³-hybridized carbons (Fsp3) is 0.462. The van der Waals surface area contributed by atoms with Gasteiger partial charge in [0.15, 0.2) is 0 Å². The second-order valence-electron chi connectivity index (χ2n) is 9.36. The topological polar surface area (TPSA) is 86.8 Å². The molecule has 1 aliphatic rings. The van der Waals surface area contributed by atoms with E-state index >= 15 is 0 Å². The van der Waals surface area contributed by atoms with Gasteiger partial charge in [-0.2, -0.15) is 0 Å². The van der Waals surface area contributed by atoms with Gasteiger partial charge in [-0.25, -0.2) is 8.42 Å². The van der Waals surface area contributed by atoms with Gasteiger partial charge < -0.3 is 10.2 Å². The SMILES string of the molecule is Cc1ccc(N(CC(=O)N(Cc2cccc(Br)c2)[C@H](C)C(=O)NC2CCCC2)S(C)(=O)=O)cc1C. The molecule has 1 fully saturated rings. The van der Waals surface area contributed by atoms with E-state index in [1.54, 1.807) is 19.1 Å². The number of benzene rings is 2. The number of nitrogens with one attached hydrogen (secondary N) is 1. The average Bonchev–Trinajstić information content (AvgIpc) is 3.29. The molecule has 9 heteroatoms. The van der Waals surface area contributed by atoms with E-state index in [-0.39, 0.29) is 18.5 Å². The molecule has 0 bridgehead atoms. The normalized spacial score (nSPS) is 15.0. The first-order valence-corrected chi connectivity index (χ1v) is 14.5. The number of halogens is 1. The van der Waals surface area contributed by atoms with E-state index in [0.717, 1.165) is 57.4 Å². The number of hydrogen-bond donors (Lipinski definition) is 1. The summed E-state index contributed by atoms with van der Waals surface area (Å²) in [6, 6.07) is 12.2. The number of carbonyl (C=O) groups excluding carboxylic acids is 2. The Morgan fingerprint density at radius 3 is 2.37 bits per heavy atom. The molecule has 0 saturated heterocycles. The maximum Gasteiger partial charge on any atom is 0.244 e. The van der Waals surface area contributed by atoms with Gasteiger partial charge in [-0.1, -0.05) is 47.0 Å². The highest BCUT2D eigenvalue weighted by atomic mass is 79.9. The molecule has 0 spiro atoms. The van der Waals surface area contributed by atoms with Crippen molar-refractivity contribution in [1.82, 2.24) is 10.2 Å². The Balaban J connectivity index is 1.89. The van der Waals surface area contributed by atoms with Crippen LogP contribution < -0.4 is 9.62 Å². The number of carbonyl (C=O) groups is 2. The Morgan fingerprint density at radius 1 is 1.09 bits per heavy atom. The van der Waals surface area contributed by atoms with Crippen LogP contribution >= 0.6 is 15.9 Å². The van der Waals surface area contributed by atoms with Crippen molar-refractivity contribution in [2.45, 2.75) is 65.1 Å². The van der Waals surface area contributed by atoms with Crippen LogP contribution in [0.5, 0.6) is 0 Å². The average molecular weight is 565 g/mol. The van der Waals surface area contributed by atoms with Crippen molar-refractivity contribution in [3.63, 3.8) is 0 Å². The van der Waals surface area contributed by atoms with Gasteiger partial charge in [-0.05, 0) is 74.6 Å². The highest BCUT2D eigenvalue weighted by molar-refractivity contribution is 9.10. The van der Waals surface area contributed by atoms with Gasteiger partial charge in [0.1, 0.15) is 12.6 Å². The molecule has 2 aromatic rings. The molecule has 2 aromatic carbocycles. The van der Waals surface area contributed by atoms with E-state index in [9.17, 15) is 18.0 Å². The smallest absolute Gasteiger partial charge is 0.244 e. The van der Waals surface area contributed by atoms with E-state index in [1.807, 2.05) is 44.2 Å². The van der Waals surface area contributed by atoms with Crippen molar-refractivity contribution in [3.05, 3.63) is 63.6 Å². The van der Waals surface area contributed by atoms with Crippen LogP contribution in [0.4, 0.5) is 5.69 Å². The van der Waals surface area contributed by atoms with E-state index in [2.05, 4.69) is 21.2 Å². The Morgan fingerprint density at radius 2 is 1.77 bits per heavy atom. The van der Waals surface area contributed by atoms with Crippen molar-refractivity contribution < 1.29 is 18.0 Å². The van der Waals surface area contributed by atoms with E-state index in [1.165, 1.54) is 4.90 Å². The molecule has 0 aromatic heterocycles. The number of aryl methyl sites for hydroxylation is 2. The van der Waals surface area contributed by atoms with Crippen molar-refractivity contribution in [2.75, 3.05) is 17.1 Å². The number of hydrogen-bond acceptors (Lipinski definition) is 4. The summed E-state index contributed by atoms with van der Waals surface area (Å²) in [5, 5.41) is 3.07. The van der Waals surface area contributed by atoms with E-state index in [0.29, 0.717) is 5.69 Å². The number of amides is 2. The highest BCUT2D eigenvalue weighted by Gasteiger charge is 2.31. The zero-order chi connectivity index (χ0) is 25.8. The molecule has 2 amide bonds. The van der Waals surface area contributed by atoms with Crippen LogP contribution in [0, 0.1) is 13.8 Å². The maximum atomic E-state index is 13.6. The lowest BCUT2D eigenvalue weighted by Crippen LogP contribution is -2.52. The first kappa shape index (κ1) is 27.2. The monoisotopic (exact) mass is 563 g/mol. The Hall–Kier alpha value is -2.39. The predicted octanol–water partition coefficient (Wildman–Crippen LogP) is 4.31. The number of nitrogens with zero attached hydrogens (tertiary/aromatic N) is 2. The highest BCUT2D eigenvalue weighted by Crippen LogP contribution is 2.23. The molecule has 0 radical (unpaired) electrons. The van der Waals surface area contributed by atoms with Crippen LogP contribution in [0.2, 0.25) is 0 Å². The fourth-order valence-electron chi connectivity index (χ4n) is 4.30. The van der Waals surface area contributed by atoms with Gasteiger partial charge in [-0.3, -0.25) is 13.9 Å². The molecule has 1 atom stereocenters. The van der Waals surface area contributed by atoms with Gasteiger partial charge >= 0.3 is 0 Å². The van der Waals surface area contributed by atoms with Crippen LogP contribution in [-0.4, -0.2) is 50.0 Å². The van der Waals surface area contributed by atoms with Gasteiger partial charge in [0.2, 0.25) is 21.8 Å². The second kappa shape index (κ2) is 11.6. The quantitative estimate of drug-likeness (QED) is 0.492. The van der Waals surface area contributed by atoms with Gasteiger partial charge in [0.25, 0.3) is 0 Å². The van der Waals surface area contributed by atoms with Crippen LogP contribution in [0.25, 0.3) is 0 Å². The van der Waals surface area contributed by atoms with Gasteiger partial charge in [0, 0.05) is 17.1 Å². The lowest BCUT2D eigenvalue weighted by molar-refractivity contribution is -0.139. The molecule has 1 aliphatic carbocycles. The summed E-state index contributed by atoms with van der Waals surface area (Å²) in [4.78, 5) is 28.2. The Bertz CT molecular complexity index is 1180. The molecule has 0 unspecified atom stereocenters. The molecular formula is C26H34BrN3O4S. The van der Waals surface area contributed by atoms with Crippen molar-refractivity contribution in [1.29, 1.82) is 0 Å². The summed E-state index contributed by atoms with van der Waals surface area (Å²) >= 11 is 3.45. The van der Waals surface area contributed by atoms with Crippen molar-refractivity contribution in [3.8, 4) is 0 Å². The van der Waals surface area contributed by atoms with Crippen LogP contribution in [0.3, 0.4) is 0 Å². The molecule has 7 nitrogen and oxygen atoms in total. The van der Waals surface area contributed by atoms with Gasteiger partial charge in [0.05, 0.1) is 11.9 Å². The van der Waals surface area contributed by atoms with Crippen LogP contribution in [0.15, 0.2) is 46.9 Å². The first-order chi connectivity index (χ1) is 16.5. The minimum atomic E-state index is -3.74. The zero-order valence-electron chi connectivity index (χ0n) is 20.8. The molecule has 190 valence electrons. The number of rotatable bonds is 9. The molecule has 0 aliphatic heterocycles. The molecule has 1 N–H and O–H groups in total. The molecular weight excluding hydrogens is 530 g/mol.